The third kappa shape index (κ3) is 4.31. The molecule has 0 aliphatic carbocycles. The van der Waals surface area contributed by atoms with Crippen LogP contribution in [0.1, 0.15) is 32.2 Å². The maximum absolute atomic E-state index is 12.4. The number of anilines is 1. The summed E-state index contributed by atoms with van der Waals surface area (Å²) in [4.78, 5) is 25.4. The summed E-state index contributed by atoms with van der Waals surface area (Å²) in [5.74, 6) is -0.222. The SMILES string of the molecule is CCCCN1CCC(n2nc(-c3cc(Cl)c(NC(=O)[O-])cc3OC)oc2=O)C1. The molecule has 10 heteroatoms. The fourth-order valence-corrected chi connectivity index (χ4v) is 3.53. The molecule has 1 aliphatic rings. The number of methoxy groups -OCH3 is 1. The number of carboxylic acid groups (broad SMARTS) is 1. The Morgan fingerprint density at radius 1 is 1.50 bits per heavy atom. The molecule has 0 radical (unpaired) electrons. The average molecular weight is 410 g/mol. The Kier molecular flexibility index (Phi) is 6.25. The van der Waals surface area contributed by atoms with E-state index in [1.165, 1.54) is 23.9 Å². The van der Waals surface area contributed by atoms with E-state index in [2.05, 4.69) is 22.2 Å². The Labute approximate surface area is 166 Å². The molecule has 0 bridgehead atoms. The first-order valence-electron chi connectivity index (χ1n) is 9.10. The standard InChI is InChI=1S/C18H23ClN4O5/c1-3-4-6-22-7-5-11(10-22)23-18(26)28-16(21-23)12-8-13(19)14(20-17(24)25)9-15(12)27-2/h8-9,11,20H,3-7,10H2,1-2H3,(H,24,25)/p-1. The van der Waals surface area contributed by atoms with Gasteiger partial charge in [-0.1, -0.05) is 24.9 Å². The van der Waals surface area contributed by atoms with Crippen LogP contribution in [0.4, 0.5) is 10.5 Å². The van der Waals surface area contributed by atoms with Gasteiger partial charge in [0, 0.05) is 19.2 Å². The second-order valence-electron chi connectivity index (χ2n) is 6.66. The summed E-state index contributed by atoms with van der Waals surface area (Å²) in [5, 5.41) is 17.3. The number of ether oxygens (including phenoxy) is 1. The third-order valence-corrected chi connectivity index (χ3v) is 5.06. The van der Waals surface area contributed by atoms with Crippen molar-refractivity contribution in [2.75, 3.05) is 32.1 Å². The largest absolute Gasteiger partial charge is 0.530 e. The topological polar surface area (TPSA) is 113 Å². The number of nitrogens with zero attached hydrogens (tertiary/aromatic N) is 3. The van der Waals surface area contributed by atoms with E-state index in [1.807, 2.05) is 0 Å². The molecule has 0 spiro atoms. The van der Waals surface area contributed by atoms with Gasteiger partial charge in [-0.15, -0.1) is 5.10 Å². The molecular weight excluding hydrogens is 388 g/mol. The summed E-state index contributed by atoms with van der Waals surface area (Å²) in [6, 6.07) is 2.76. The van der Waals surface area contributed by atoms with E-state index in [0.717, 1.165) is 38.9 Å². The number of unbranched alkanes of at least 4 members (excludes halogenated alkanes) is 1. The van der Waals surface area contributed by atoms with Crippen LogP contribution in [-0.4, -0.2) is 47.5 Å². The molecule has 2 heterocycles. The Bertz CT molecular complexity index is 910. The molecule has 1 saturated heterocycles. The van der Waals surface area contributed by atoms with Crippen LogP contribution in [0.2, 0.25) is 5.02 Å². The number of hydrogen-bond donors (Lipinski definition) is 1. The minimum atomic E-state index is -1.50. The molecule has 2 aromatic rings. The number of halogens is 1. The van der Waals surface area contributed by atoms with Gasteiger partial charge in [0.1, 0.15) is 11.8 Å². The normalized spacial score (nSPS) is 17.0. The number of rotatable bonds is 7. The van der Waals surface area contributed by atoms with Crippen molar-refractivity contribution >= 4 is 23.4 Å². The fourth-order valence-electron chi connectivity index (χ4n) is 3.32. The summed E-state index contributed by atoms with van der Waals surface area (Å²) in [7, 11) is 1.41. The molecule has 9 nitrogen and oxygen atoms in total. The summed E-state index contributed by atoms with van der Waals surface area (Å²) >= 11 is 6.12. The van der Waals surface area contributed by atoms with E-state index in [-0.39, 0.29) is 28.4 Å². The maximum Gasteiger partial charge on any atom is 0.437 e. The first kappa shape index (κ1) is 20.2. The summed E-state index contributed by atoms with van der Waals surface area (Å²) in [5.41, 5.74) is 0.458. The Morgan fingerprint density at radius 2 is 2.29 bits per heavy atom. The maximum atomic E-state index is 12.4. The van der Waals surface area contributed by atoms with Crippen LogP contribution < -0.4 is 20.9 Å². The highest BCUT2D eigenvalue weighted by Crippen LogP contribution is 2.36. The number of carbonyl (C=O) groups excluding carboxylic acids is 1. The van der Waals surface area contributed by atoms with Crippen LogP contribution in [-0.2, 0) is 0 Å². The van der Waals surface area contributed by atoms with Gasteiger partial charge < -0.3 is 29.3 Å². The highest BCUT2D eigenvalue weighted by atomic mass is 35.5. The summed E-state index contributed by atoms with van der Waals surface area (Å²) < 4.78 is 12.0. The zero-order valence-electron chi connectivity index (χ0n) is 15.7. The van der Waals surface area contributed by atoms with Gasteiger partial charge in [0.2, 0.25) is 0 Å². The monoisotopic (exact) mass is 409 g/mol. The molecule has 1 amide bonds. The van der Waals surface area contributed by atoms with Gasteiger partial charge in [0.25, 0.3) is 5.89 Å². The minimum Gasteiger partial charge on any atom is -0.530 e. The number of benzene rings is 1. The molecule has 1 atom stereocenters. The van der Waals surface area contributed by atoms with Gasteiger partial charge in [-0.25, -0.2) is 4.79 Å². The van der Waals surface area contributed by atoms with E-state index >= 15 is 0 Å². The van der Waals surface area contributed by atoms with E-state index in [0.29, 0.717) is 5.56 Å². The van der Waals surface area contributed by atoms with Crippen molar-refractivity contribution in [3.8, 4) is 17.2 Å². The Hall–Kier alpha value is -2.52. The molecule has 3 rings (SSSR count). The van der Waals surface area contributed by atoms with Gasteiger partial charge in [0.05, 0.1) is 29.4 Å². The number of hydrogen-bond acceptors (Lipinski definition) is 7. The zero-order chi connectivity index (χ0) is 20.3. The Morgan fingerprint density at radius 3 is 2.96 bits per heavy atom. The van der Waals surface area contributed by atoms with Crippen LogP contribution in [0.5, 0.6) is 5.75 Å². The van der Waals surface area contributed by atoms with Crippen molar-refractivity contribution in [1.82, 2.24) is 14.7 Å². The molecule has 1 N–H and O–H groups in total. The second kappa shape index (κ2) is 8.66. The van der Waals surface area contributed by atoms with Crippen molar-refractivity contribution in [3.63, 3.8) is 0 Å². The first-order valence-corrected chi connectivity index (χ1v) is 9.48. The molecular formula is C18H22ClN4O5-. The predicted molar refractivity (Wildman–Crippen MR) is 102 cm³/mol. The van der Waals surface area contributed by atoms with Gasteiger partial charge in [-0.05, 0) is 25.5 Å². The van der Waals surface area contributed by atoms with E-state index in [4.69, 9.17) is 20.8 Å². The minimum absolute atomic E-state index is 0.0534. The van der Waals surface area contributed by atoms with E-state index < -0.39 is 11.8 Å². The third-order valence-electron chi connectivity index (χ3n) is 4.75. The molecule has 1 unspecified atom stereocenters. The van der Waals surface area contributed by atoms with Gasteiger partial charge in [-0.3, -0.25) is 0 Å². The summed E-state index contributed by atoms with van der Waals surface area (Å²) in [6.45, 7) is 4.81. The van der Waals surface area contributed by atoms with Gasteiger partial charge in [0.15, 0.2) is 0 Å². The van der Waals surface area contributed by atoms with E-state index in [9.17, 15) is 14.7 Å². The lowest BCUT2D eigenvalue weighted by atomic mass is 10.1. The van der Waals surface area contributed by atoms with Crippen LogP contribution in [0.15, 0.2) is 21.3 Å². The van der Waals surface area contributed by atoms with Crippen molar-refractivity contribution in [3.05, 3.63) is 27.7 Å². The molecule has 28 heavy (non-hydrogen) atoms. The molecule has 1 fully saturated rings. The number of aromatic nitrogens is 2. The zero-order valence-corrected chi connectivity index (χ0v) is 16.5. The van der Waals surface area contributed by atoms with Crippen LogP contribution >= 0.6 is 11.6 Å². The quantitative estimate of drug-likeness (QED) is 0.743. The lowest BCUT2D eigenvalue weighted by Gasteiger charge is -2.14. The van der Waals surface area contributed by atoms with Crippen molar-refractivity contribution < 1.29 is 19.1 Å². The molecule has 0 saturated carbocycles. The lowest BCUT2D eigenvalue weighted by molar-refractivity contribution is -0.242. The fraction of sp³-hybridized carbons (Fsp3) is 0.500. The lowest BCUT2D eigenvalue weighted by Crippen LogP contribution is -2.28. The Balaban J connectivity index is 1.88. The highest BCUT2D eigenvalue weighted by molar-refractivity contribution is 6.34. The molecule has 1 aromatic carbocycles. The van der Waals surface area contributed by atoms with Crippen molar-refractivity contribution in [1.29, 1.82) is 0 Å². The highest BCUT2D eigenvalue weighted by Gasteiger charge is 2.28. The van der Waals surface area contributed by atoms with Gasteiger partial charge in [-0.2, -0.15) is 4.68 Å². The van der Waals surface area contributed by atoms with Crippen LogP contribution in [0.25, 0.3) is 11.5 Å². The predicted octanol–water partition coefficient (Wildman–Crippen LogP) is 1.97. The van der Waals surface area contributed by atoms with Gasteiger partial charge >= 0.3 is 5.76 Å². The van der Waals surface area contributed by atoms with E-state index in [1.54, 1.807) is 0 Å². The number of likely N-dealkylation sites (tertiary alicyclic amines) is 1. The van der Waals surface area contributed by atoms with Crippen LogP contribution in [0.3, 0.4) is 0 Å². The molecule has 1 aromatic heterocycles. The smallest absolute Gasteiger partial charge is 0.437 e. The summed E-state index contributed by atoms with van der Waals surface area (Å²) in [6.07, 6.45) is 1.56. The number of amides is 1. The molecule has 1 aliphatic heterocycles. The van der Waals surface area contributed by atoms with Crippen molar-refractivity contribution in [2.45, 2.75) is 32.2 Å². The first-order chi connectivity index (χ1) is 13.4. The molecule has 152 valence electrons. The average Bonchev–Trinajstić information content (AvgIpc) is 3.27. The second-order valence-corrected chi connectivity index (χ2v) is 7.07. The van der Waals surface area contributed by atoms with Crippen LogP contribution in [0, 0.1) is 0 Å². The van der Waals surface area contributed by atoms with Crippen molar-refractivity contribution in [2.24, 2.45) is 0 Å². The number of nitrogens with one attached hydrogen (secondary N) is 1. The number of carbonyl (C=O) groups is 1.